The van der Waals surface area contributed by atoms with Gasteiger partial charge >= 0.3 is 0 Å². The average Bonchev–Trinajstić information content (AvgIpc) is 2.64. The Morgan fingerprint density at radius 1 is 1.08 bits per heavy atom. The molecule has 3 rings (SSSR count). The van der Waals surface area contributed by atoms with E-state index in [2.05, 4.69) is 5.32 Å². The van der Waals surface area contributed by atoms with Crippen LogP contribution in [0.1, 0.15) is 25.7 Å². The maximum atomic E-state index is 12.4. The smallest absolute Gasteiger partial charge is 0.227 e. The van der Waals surface area contributed by atoms with E-state index in [9.17, 15) is 4.79 Å². The highest BCUT2D eigenvalue weighted by Gasteiger charge is 2.25. The van der Waals surface area contributed by atoms with Crippen molar-refractivity contribution < 1.29 is 14.3 Å². The van der Waals surface area contributed by atoms with Crippen molar-refractivity contribution in [1.82, 2.24) is 0 Å². The summed E-state index contributed by atoms with van der Waals surface area (Å²) in [6, 6.07) is 14.9. The highest BCUT2D eigenvalue weighted by molar-refractivity contribution is 5.92. The Bertz CT molecular complexity index is 721. The minimum absolute atomic E-state index is 0. The molecule has 2 atom stereocenters. The largest absolute Gasteiger partial charge is 0.493 e. The average molecular weight is 377 g/mol. The number of para-hydroxylation sites is 2. The van der Waals surface area contributed by atoms with E-state index in [0.717, 1.165) is 31.4 Å². The molecule has 2 unspecified atom stereocenters. The van der Waals surface area contributed by atoms with Crippen LogP contribution in [0.2, 0.25) is 0 Å². The molecule has 1 amide bonds. The maximum absolute atomic E-state index is 12.4. The van der Waals surface area contributed by atoms with E-state index in [1.807, 2.05) is 48.5 Å². The molecule has 0 aliphatic heterocycles. The van der Waals surface area contributed by atoms with Crippen molar-refractivity contribution in [3.63, 3.8) is 0 Å². The summed E-state index contributed by atoms with van der Waals surface area (Å²) in [6.07, 6.45) is 3.71. The lowest BCUT2D eigenvalue weighted by molar-refractivity contribution is -0.120. The quantitative estimate of drug-likeness (QED) is 0.812. The minimum atomic E-state index is 0. The van der Waals surface area contributed by atoms with Gasteiger partial charge in [0, 0.05) is 17.6 Å². The molecule has 26 heavy (non-hydrogen) atoms. The Labute approximate surface area is 160 Å². The number of amides is 1. The molecule has 2 aromatic rings. The Morgan fingerprint density at radius 2 is 1.77 bits per heavy atom. The fourth-order valence-electron chi connectivity index (χ4n) is 3.15. The summed E-state index contributed by atoms with van der Waals surface area (Å²) < 4.78 is 11.1. The first-order chi connectivity index (χ1) is 12.2. The Balaban J connectivity index is 0.00000243. The molecule has 0 bridgehead atoms. The van der Waals surface area contributed by atoms with Crippen molar-refractivity contribution in [1.29, 1.82) is 0 Å². The lowest BCUT2D eigenvalue weighted by atomic mass is 9.85. The maximum Gasteiger partial charge on any atom is 0.227 e. The van der Waals surface area contributed by atoms with Crippen LogP contribution in [-0.4, -0.2) is 19.1 Å². The number of nitrogens with two attached hydrogens (primary N) is 1. The van der Waals surface area contributed by atoms with Crippen molar-refractivity contribution in [3.8, 4) is 17.2 Å². The van der Waals surface area contributed by atoms with Gasteiger partial charge in [0.05, 0.1) is 7.11 Å². The molecule has 0 aromatic heterocycles. The molecule has 1 fully saturated rings. The van der Waals surface area contributed by atoms with E-state index in [1.165, 1.54) is 0 Å². The second-order valence-corrected chi connectivity index (χ2v) is 6.39. The van der Waals surface area contributed by atoms with Crippen LogP contribution in [0.15, 0.2) is 48.5 Å². The summed E-state index contributed by atoms with van der Waals surface area (Å²) in [5.74, 6) is 2.07. The summed E-state index contributed by atoms with van der Waals surface area (Å²) in [6.45, 7) is 0. The van der Waals surface area contributed by atoms with Crippen molar-refractivity contribution in [3.05, 3.63) is 48.5 Å². The molecule has 140 valence electrons. The van der Waals surface area contributed by atoms with Crippen molar-refractivity contribution in [2.24, 2.45) is 11.7 Å². The second-order valence-electron chi connectivity index (χ2n) is 6.39. The Hall–Kier alpha value is -2.24. The molecule has 0 spiro atoms. The van der Waals surface area contributed by atoms with Gasteiger partial charge in [0.25, 0.3) is 0 Å². The van der Waals surface area contributed by atoms with Gasteiger partial charge in [-0.3, -0.25) is 4.79 Å². The SMILES string of the molecule is COc1ccccc1Oc1ccc(NC(=O)C2CCCC(N)C2)cc1.Cl. The van der Waals surface area contributed by atoms with Gasteiger partial charge in [-0.15, -0.1) is 12.4 Å². The van der Waals surface area contributed by atoms with Gasteiger partial charge in [0.15, 0.2) is 11.5 Å². The zero-order valence-corrected chi connectivity index (χ0v) is 15.6. The van der Waals surface area contributed by atoms with E-state index >= 15 is 0 Å². The number of hydrogen-bond acceptors (Lipinski definition) is 4. The Morgan fingerprint density at radius 3 is 2.42 bits per heavy atom. The van der Waals surface area contributed by atoms with E-state index in [1.54, 1.807) is 7.11 Å². The standard InChI is InChI=1S/C20H24N2O3.ClH/c1-24-18-7-2-3-8-19(18)25-17-11-9-16(10-12-17)22-20(23)14-5-4-6-15(21)13-14;/h2-3,7-12,14-15H,4-6,13,21H2,1H3,(H,22,23);1H. The number of hydrogen-bond donors (Lipinski definition) is 2. The lowest BCUT2D eigenvalue weighted by Crippen LogP contribution is -2.34. The normalized spacial score (nSPS) is 19.2. The number of anilines is 1. The molecule has 1 aliphatic carbocycles. The zero-order valence-electron chi connectivity index (χ0n) is 14.8. The van der Waals surface area contributed by atoms with E-state index in [4.69, 9.17) is 15.2 Å². The van der Waals surface area contributed by atoms with Gasteiger partial charge in [-0.1, -0.05) is 18.6 Å². The van der Waals surface area contributed by atoms with Crippen LogP contribution in [0.25, 0.3) is 0 Å². The number of nitrogens with one attached hydrogen (secondary N) is 1. The van der Waals surface area contributed by atoms with Crippen molar-refractivity contribution in [2.45, 2.75) is 31.7 Å². The fraction of sp³-hybridized carbons (Fsp3) is 0.350. The molecule has 3 N–H and O–H groups in total. The predicted octanol–water partition coefficient (Wildman–Crippen LogP) is 4.37. The number of rotatable bonds is 5. The molecule has 6 heteroatoms. The van der Waals surface area contributed by atoms with Gasteiger partial charge < -0.3 is 20.5 Å². The first-order valence-corrected chi connectivity index (χ1v) is 8.63. The topological polar surface area (TPSA) is 73.6 Å². The fourth-order valence-corrected chi connectivity index (χ4v) is 3.15. The van der Waals surface area contributed by atoms with E-state index in [0.29, 0.717) is 17.2 Å². The van der Waals surface area contributed by atoms with Gasteiger partial charge in [-0.25, -0.2) is 0 Å². The van der Waals surface area contributed by atoms with Gasteiger partial charge in [0.1, 0.15) is 5.75 Å². The molecule has 1 saturated carbocycles. The van der Waals surface area contributed by atoms with Crippen LogP contribution in [0.4, 0.5) is 5.69 Å². The number of ether oxygens (including phenoxy) is 2. The van der Waals surface area contributed by atoms with E-state index < -0.39 is 0 Å². The summed E-state index contributed by atoms with van der Waals surface area (Å²) in [5.41, 5.74) is 6.73. The molecule has 0 saturated heterocycles. The third-order valence-electron chi connectivity index (χ3n) is 4.50. The highest BCUT2D eigenvalue weighted by atomic mass is 35.5. The number of carbonyl (C=O) groups is 1. The number of methoxy groups -OCH3 is 1. The molecule has 5 nitrogen and oxygen atoms in total. The first-order valence-electron chi connectivity index (χ1n) is 8.63. The number of halogens is 1. The molecule has 0 heterocycles. The summed E-state index contributed by atoms with van der Waals surface area (Å²) in [5, 5.41) is 2.97. The highest BCUT2D eigenvalue weighted by Crippen LogP contribution is 2.31. The van der Waals surface area contributed by atoms with Crippen molar-refractivity contribution >= 4 is 24.0 Å². The minimum Gasteiger partial charge on any atom is -0.493 e. The monoisotopic (exact) mass is 376 g/mol. The second kappa shape index (κ2) is 9.46. The van der Waals surface area contributed by atoms with Gasteiger partial charge in [0.2, 0.25) is 5.91 Å². The third kappa shape index (κ3) is 5.13. The van der Waals surface area contributed by atoms with E-state index in [-0.39, 0.29) is 30.3 Å². The number of benzene rings is 2. The molecule has 0 radical (unpaired) electrons. The van der Waals surface area contributed by atoms with Crippen LogP contribution in [0.5, 0.6) is 17.2 Å². The molecule has 2 aromatic carbocycles. The summed E-state index contributed by atoms with van der Waals surface area (Å²) in [7, 11) is 1.61. The molecular weight excluding hydrogens is 352 g/mol. The summed E-state index contributed by atoms with van der Waals surface area (Å²) in [4.78, 5) is 12.4. The lowest BCUT2D eigenvalue weighted by Gasteiger charge is -2.25. The van der Waals surface area contributed by atoms with Crippen LogP contribution in [0, 0.1) is 5.92 Å². The summed E-state index contributed by atoms with van der Waals surface area (Å²) >= 11 is 0. The van der Waals surface area contributed by atoms with Gasteiger partial charge in [-0.2, -0.15) is 0 Å². The Kier molecular flexibility index (Phi) is 7.30. The van der Waals surface area contributed by atoms with Crippen molar-refractivity contribution in [2.75, 3.05) is 12.4 Å². The van der Waals surface area contributed by atoms with Crippen LogP contribution in [0.3, 0.4) is 0 Å². The number of carbonyl (C=O) groups excluding carboxylic acids is 1. The molecular formula is C20H25ClN2O3. The van der Waals surface area contributed by atoms with Crippen LogP contribution >= 0.6 is 12.4 Å². The zero-order chi connectivity index (χ0) is 17.6. The predicted molar refractivity (Wildman–Crippen MR) is 105 cm³/mol. The molecule has 1 aliphatic rings. The third-order valence-corrected chi connectivity index (χ3v) is 4.50. The van der Waals surface area contributed by atoms with Crippen LogP contribution in [-0.2, 0) is 4.79 Å². The first kappa shape index (κ1) is 20.1. The van der Waals surface area contributed by atoms with Crippen LogP contribution < -0.4 is 20.5 Å². The van der Waals surface area contributed by atoms with Gasteiger partial charge in [-0.05, 0) is 55.7 Å².